The molecule has 4 nitrogen and oxygen atoms in total. The molecule has 11 heavy (non-hydrogen) atoms. The Morgan fingerprint density at radius 3 is 2.00 bits per heavy atom. The van der Waals surface area contributed by atoms with Crippen LogP contribution >= 0.6 is 24.0 Å². The lowest BCUT2D eigenvalue weighted by molar-refractivity contribution is 0.683. The third-order valence-corrected chi connectivity index (χ3v) is 0.763. The first kappa shape index (κ1) is 13.2. The van der Waals surface area contributed by atoms with Gasteiger partial charge in [0.2, 0.25) is 0 Å². The van der Waals surface area contributed by atoms with Crippen molar-refractivity contribution in [2.75, 3.05) is 0 Å². The van der Waals surface area contributed by atoms with Crippen molar-refractivity contribution in [2.45, 2.75) is 13.8 Å². The Morgan fingerprint density at radius 1 is 1.27 bits per heavy atom. The lowest BCUT2D eigenvalue weighted by Crippen LogP contribution is -2.11. The molecule has 0 rings (SSSR count). The van der Waals surface area contributed by atoms with E-state index in [1.807, 2.05) is 13.8 Å². The molecule has 0 amide bonds. The van der Waals surface area contributed by atoms with Gasteiger partial charge in [-0.05, 0) is 5.92 Å². The maximum Gasteiger partial charge on any atom is 0.110 e. The molecular formula is C6H13IN4. The summed E-state index contributed by atoms with van der Waals surface area (Å²) < 4.78 is 0. The quantitative estimate of drug-likeness (QED) is 0.347. The van der Waals surface area contributed by atoms with Gasteiger partial charge in [0, 0.05) is 6.21 Å². The number of halogens is 1. The van der Waals surface area contributed by atoms with E-state index in [9.17, 15) is 0 Å². The molecule has 0 bridgehead atoms. The second kappa shape index (κ2) is 7.64. The van der Waals surface area contributed by atoms with Crippen LogP contribution in [0, 0.1) is 16.7 Å². The number of hydrogen-bond acceptors (Lipinski definition) is 3. The highest BCUT2D eigenvalue weighted by atomic mass is 127. The standard InChI is InChI=1S/C6H12N4.HI/c1-6(2)3-9-10(4-7)5-8;/h3-8H,1-2H3;1H/b7-4?,8-5?,9-3+;. The van der Waals surface area contributed by atoms with Crippen LogP contribution in [0.5, 0.6) is 0 Å². The predicted molar refractivity (Wildman–Crippen MR) is 58.2 cm³/mol. The van der Waals surface area contributed by atoms with Crippen LogP contribution in [0.3, 0.4) is 0 Å². The molecule has 0 aromatic carbocycles. The second-order valence-electron chi connectivity index (χ2n) is 2.15. The normalized spacial score (nSPS) is 9.36. The fourth-order valence-corrected chi connectivity index (χ4v) is 0.314. The number of nitrogens with one attached hydrogen (secondary N) is 2. The van der Waals surface area contributed by atoms with Crippen molar-refractivity contribution >= 4 is 42.9 Å². The Hall–Kier alpha value is -0.460. The van der Waals surface area contributed by atoms with Gasteiger partial charge in [0.1, 0.15) is 12.7 Å². The van der Waals surface area contributed by atoms with E-state index in [1.165, 1.54) is 0 Å². The van der Waals surface area contributed by atoms with Gasteiger partial charge in [-0.15, -0.1) is 24.0 Å². The lowest BCUT2D eigenvalue weighted by atomic mass is 10.3. The van der Waals surface area contributed by atoms with Gasteiger partial charge in [0.25, 0.3) is 0 Å². The SMILES string of the molecule is CC(C)/C=N/N(C=N)C=N.I. The van der Waals surface area contributed by atoms with Crippen molar-refractivity contribution in [1.29, 1.82) is 10.8 Å². The minimum atomic E-state index is 0. The largest absolute Gasteiger partial charge is 0.289 e. The van der Waals surface area contributed by atoms with E-state index < -0.39 is 0 Å². The molecule has 0 saturated heterocycles. The van der Waals surface area contributed by atoms with Crippen molar-refractivity contribution in [3.63, 3.8) is 0 Å². The number of rotatable bonds is 4. The molecule has 0 aliphatic heterocycles. The zero-order valence-corrected chi connectivity index (χ0v) is 8.94. The summed E-state index contributed by atoms with van der Waals surface area (Å²) in [5.41, 5.74) is 0. The van der Waals surface area contributed by atoms with Crippen molar-refractivity contribution < 1.29 is 0 Å². The maximum atomic E-state index is 6.74. The van der Waals surface area contributed by atoms with Gasteiger partial charge < -0.3 is 0 Å². The second-order valence-corrected chi connectivity index (χ2v) is 2.15. The van der Waals surface area contributed by atoms with Crippen LogP contribution < -0.4 is 0 Å². The first-order valence-corrected chi connectivity index (χ1v) is 3.04. The van der Waals surface area contributed by atoms with E-state index >= 15 is 0 Å². The van der Waals surface area contributed by atoms with Crippen LogP contribution in [0.15, 0.2) is 5.10 Å². The minimum Gasteiger partial charge on any atom is -0.289 e. The predicted octanol–water partition coefficient (Wildman–Crippen LogP) is 1.76. The maximum absolute atomic E-state index is 6.74. The summed E-state index contributed by atoms with van der Waals surface area (Å²) in [5.74, 6) is 0.349. The summed E-state index contributed by atoms with van der Waals surface area (Å²) in [6.07, 6.45) is 3.63. The highest BCUT2D eigenvalue weighted by Crippen LogP contribution is 1.86. The summed E-state index contributed by atoms with van der Waals surface area (Å²) in [7, 11) is 0. The Labute approximate surface area is 83.7 Å². The van der Waals surface area contributed by atoms with Crippen LogP contribution in [0.2, 0.25) is 0 Å². The van der Waals surface area contributed by atoms with Crippen LogP contribution in [-0.2, 0) is 0 Å². The molecule has 0 aromatic heterocycles. The highest BCUT2D eigenvalue weighted by molar-refractivity contribution is 14.0. The Morgan fingerprint density at radius 2 is 1.73 bits per heavy atom. The van der Waals surface area contributed by atoms with Gasteiger partial charge in [-0.3, -0.25) is 10.8 Å². The van der Waals surface area contributed by atoms with Crippen molar-refractivity contribution in [3.05, 3.63) is 0 Å². The topological polar surface area (TPSA) is 63.3 Å². The fourth-order valence-electron chi connectivity index (χ4n) is 0.314. The number of hydrogen-bond donors (Lipinski definition) is 2. The van der Waals surface area contributed by atoms with Crippen LogP contribution in [-0.4, -0.2) is 23.9 Å². The smallest absolute Gasteiger partial charge is 0.110 e. The van der Waals surface area contributed by atoms with Gasteiger partial charge in [-0.25, -0.2) is 5.01 Å². The highest BCUT2D eigenvalue weighted by Gasteiger charge is 1.88. The summed E-state index contributed by atoms with van der Waals surface area (Å²) in [4.78, 5) is 0. The zero-order chi connectivity index (χ0) is 7.98. The van der Waals surface area contributed by atoms with Gasteiger partial charge in [-0.2, -0.15) is 5.10 Å². The molecule has 0 heterocycles. The van der Waals surface area contributed by atoms with Gasteiger partial charge in [0.05, 0.1) is 0 Å². The molecule has 0 fully saturated rings. The van der Waals surface area contributed by atoms with E-state index in [-0.39, 0.29) is 24.0 Å². The molecule has 5 heteroatoms. The molecule has 0 atom stereocenters. The average Bonchev–Trinajstić information content (AvgIpc) is 1.90. The first-order valence-electron chi connectivity index (χ1n) is 3.04. The monoisotopic (exact) mass is 268 g/mol. The molecule has 0 aromatic rings. The van der Waals surface area contributed by atoms with Gasteiger partial charge in [-0.1, -0.05) is 13.8 Å². The van der Waals surface area contributed by atoms with Crippen molar-refractivity contribution in [2.24, 2.45) is 11.0 Å². The Bertz CT molecular complexity index is 136. The molecule has 0 aliphatic rings. The van der Waals surface area contributed by atoms with Gasteiger partial charge in [0.15, 0.2) is 0 Å². The third kappa shape index (κ3) is 7.44. The van der Waals surface area contributed by atoms with Crippen molar-refractivity contribution in [1.82, 2.24) is 5.01 Å². The molecule has 0 spiro atoms. The first-order chi connectivity index (χ1) is 4.70. The summed E-state index contributed by atoms with van der Waals surface area (Å²) in [6.45, 7) is 3.96. The number of nitrogens with zero attached hydrogens (tertiary/aromatic N) is 2. The summed E-state index contributed by atoms with van der Waals surface area (Å²) >= 11 is 0. The van der Waals surface area contributed by atoms with E-state index in [4.69, 9.17) is 10.8 Å². The third-order valence-electron chi connectivity index (χ3n) is 0.763. The van der Waals surface area contributed by atoms with Crippen LogP contribution in [0.4, 0.5) is 0 Å². The molecule has 0 radical (unpaired) electrons. The molecule has 0 saturated carbocycles. The van der Waals surface area contributed by atoms with E-state index in [1.54, 1.807) is 6.21 Å². The Balaban J connectivity index is 0. The summed E-state index contributed by atoms with van der Waals surface area (Å²) in [6, 6.07) is 0. The molecule has 0 unspecified atom stereocenters. The van der Waals surface area contributed by atoms with E-state index in [2.05, 4.69) is 5.10 Å². The van der Waals surface area contributed by atoms with Crippen LogP contribution in [0.1, 0.15) is 13.8 Å². The molecular weight excluding hydrogens is 255 g/mol. The zero-order valence-electron chi connectivity index (χ0n) is 6.61. The van der Waals surface area contributed by atoms with Gasteiger partial charge >= 0.3 is 0 Å². The summed E-state index contributed by atoms with van der Waals surface area (Å²) in [5, 5.41) is 18.4. The molecule has 0 aliphatic carbocycles. The minimum absolute atomic E-state index is 0. The van der Waals surface area contributed by atoms with E-state index in [0.29, 0.717) is 5.92 Å². The fraction of sp³-hybridized carbons (Fsp3) is 0.500. The van der Waals surface area contributed by atoms with Crippen molar-refractivity contribution in [3.8, 4) is 0 Å². The lowest BCUT2D eigenvalue weighted by Gasteiger charge is -2.02. The molecule has 2 N–H and O–H groups in total. The molecule has 64 valence electrons. The van der Waals surface area contributed by atoms with Crippen LogP contribution in [0.25, 0.3) is 0 Å². The van der Waals surface area contributed by atoms with E-state index in [0.717, 1.165) is 17.7 Å². The Kier molecular flexibility index (Phi) is 9.14. The number of hydrazone groups is 1. The average molecular weight is 268 g/mol.